The Hall–Kier alpha value is -1.42. The number of ether oxygens (including phenoxy) is 1. The quantitative estimate of drug-likeness (QED) is 0.772. The molecule has 0 radical (unpaired) electrons. The molecule has 3 nitrogen and oxygen atoms in total. The molecule has 1 rings (SSSR count). The largest absolute Gasteiger partial charge is 0.464 e. The van der Waals surface area contributed by atoms with Gasteiger partial charge >= 0.3 is 5.97 Å². The maximum atomic E-state index is 13.5. The molecule has 0 unspecified atom stereocenters. The average molecular weight is 267 g/mol. The highest BCUT2D eigenvalue weighted by molar-refractivity contribution is 5.69. The Morgan fingerprint density at radius 3 is 2.68 bits per heavy atom. The second-order valence-corrected chi connectivity index (χ2v) is 5.24. The first-order valence-corrected chi connectivity index (χ1v) is 6.58. The van der Waals surface area contributed by atoms with Gasteiger partial charge in [-0.05, 0) is 26.3 Å². The maximum Gasteiger partial charge on any atom is 0.305 e. The minimum atomic E-state index is -0.383. The standard InChI is InChI=1S/C15H22FNO2/c1-4-7-14(18)19-11-15(2,3)17-10-12-8-5-6-9-13(12)16/h5-6,8-9,17H,4,7,10-11H2,1-3H3. The monoisotopic (exact) mass is 267 g/mol. The summed E-state index contributed by atoms with van der Waals surface area (Å²) >= 11 is 0. The number of carbonyl (C=O) groups is 1. The van der Waals surface area contributed by atoms with Crippen molar-refractivity contribution in [3.63, 3.8) is 0 Å². The second-order valence-electron chi connectivity index (χ2n) is 5.24. The van der Waals surface area contributed by atoms with E-state index in [0.717, 1.165) is 6.42 Å². The topological polar surface area (TPSA) is 38.3 Å². The van der Waals surface area contributed by atoms with E-state index in [2.05, 4.69) is 5.32 Å². The Labute approximate surface area is 114 Å². The molecule has 4 heteroatoms. The number of hydrogen-bond acceptors (Lipinski definition) is 3. The number of hydrogen-bond donors (Lipinski definition) is 1. The minimum absolute atomic E-state index is 0.191. The van der Waals surface area contributed by atoms with Crippen LogP contribution in [0.4, 0.5) is 4.39 Å². The van der Waals surface area contributed by atoms with Crippen LogP contribution >= 0.6 is 0 Å². The van der Waals surface area contributed by atoms with Gasteiger partial charge in [-0.1, -0.05) is 25.1 Å². The lowest BCUT2D eigenvalue weighted by molar-refractivity contribution is -0.145. The van der Waals surface area contributed by atoms with Crippen LogP contribution in [-0.4, -0.2) is 18.1 Å². The van der Waals surface area contributed by atoms with Gasteiger partial charge in [0.05, 0.1) is 0 Å². The zero-order chi connectivity index (χ0) is 14.3. The minimum Gasteiger partial charge on any atom is -0.464 e. The first-order chi connectivity index (χ1) is 8.94. The fraction of sp³-hybridized carbons (Fsp3) is 0.533. The summed E-state index contributed by atoms with van der Waals surface area (Å²) in [6.07, 6.45) is 1.21. The fourth-order valence-electron chi connectivity index (χ4n) is 1.56. The lowest BCUT2D eigenvalue weighted by atomic mass is 10.1. The number of nitrogens with one attached hydrogen (secondary N) is 1. The zero-order valence-electron chi connectivity index (χ0n) is 11.8. The first kappa shape index (κ1) is 15.6. The molecule has 0 aliphatic heterocycles. The van der Waals surface area contributed by atoms with Crippen molar-refractivity contribution >= 4 is 5.97 Å². The van der Waals surface area contributed by atoms with Crippen LogP contribution < -0.4 is 5.32 Å². The molecule has 0 saturated carbocycles. The second kappa shape index (κ2) is 7.24. The summed E-state index contributed by atoms with van der Waals surface area (Å²) in [5, 5.41) is 3.20. The molecule has 0 fully saturated rings. The van der Waals surface area contributed by atoms with Crippen molar-refractivity contribution in [3.8, 4) is 0 Å². The predicted octanol–water partition coefficient (Wildman–Crippen LogP) is 3.04. The molecule has 0 aromatic heterocycles. The van der Waals surface area contributed by atoms with Crippen LogP contribution in [0, 0.1) is 5.82 Å². The molecule has 0 atom stereocenters. The van der Waals surface area contributed by atoms with Gasteiger partial charge in [-0.3, -0.25) is 4.79 Å². The smallest absolute Gasteiger partial charge is 0.305 e. The Kier molecular flexibility index (Phi) is 5.96. The molecular formula is C15H22FNO2. The summed E-state index contributed by atoms with van der Waals surface area (Å²) in [7, 11) is 0. The van der Waals surface area contributed by atoms with Gasteiger partial charge in [-0.25, -0.2) is 4.39 Å². The Morgan fingerprint density at radius 2 is 2.05 bits per heavy atom. The summed E-state index contributed by atoms with van der Waals surface area (Å²) in [4.78, 5) is 11.3. The SMILES string of the molecule is CCCC(=O)OCC(C)(C)NCc1ccccc1F. The van der Waals surface area contributed by atoms with Crippen molar-refractivity contribution in [1.29, 1.82) is 0 Å². The number of halogens is 1. The van der Waals surface area contributed by atoms with Crippen molar-refractivity contribution in [2.75, 3.05) is 6.61 Å². The number of esters is 1. The van der Waals surface area contributed by atoms with E-state index in [1.54, 1.807) is 18.2 Å². The van der Waals surface area contributed by atoms with Crippen LogP contribution in [0.15, 0.2) is 24.3 Å². The van der Waals surface area contributed by atoms with Crippen LogP contribution in [0.25, 0.3) is 0 Å². The Balaban J connectivity index is 2.42. The van der Waals surface area contributed by atoms with Crippen molar-refractivity contribution in [2.45, 2.75) is 45.7 Å². The molecule has 1 aromatic rings. The number of carbonyl (C=O) groups excluding carboxylic acids is 1. The van der Waals surface area contributed by atoms with Crippen LogP contribution in [0.3, 0.4) is 0 Å². The summed E-state index contributed by atoms with van der Waals surface area (Å²) in [6.45, 7) is 6.47. The number of rotatable bonds is 7. The highest BCUT2D eigenvalue weighted by Crippen LogP contribution is 2.10. The van der Waals surface area contributed by atoms with E-state index in [4.69, 9.17) is 4.74 Å². The van der Waals surface area contributed by atoms with Gasteiger partial charge < -0.3 is 10.1 Å². The molecule has 0 amide bonds. The van der Waals surface area contributed by atoms with Crippen molar-refractivity contribution < 1.29 is 13.9 Å². The third-order valence-corrected chi connectivity index (χ3v) is 2.76. The summed E-state index contributed by atoms with van der Waals surface area (Å²) in [6, 6.07) is 6.64. The van der Waals surface area contributed by atoms with Crippen LogP contribution in [0.1, 0.15) is 39.2 Å². The summed E-state index contributed by atoms with van der Waals surface area (Å²) in [5.74, 6) is -0.419. The van der Waals surface area contributed by atoms with Crippen LogP contribution in [-0.2, 0) is 16.1 Å². The highest BCUT2D eigenvalue weighted by atomic mass is 19.1. The third-order valence-electron chi connectivity index (χ3n) is 2.76. The van der Waals surface area contributed by atoms with E-state index < -0.39 is 0 Å². The van der Waals surface area contributed by atoms with E-state index in [1.165, 1.54) is 6.07 Å². The van der Waals surface area contributed by atoms with E-state index in [-0.39, 0.29) is 23.9 Å². The number of benzene rings is 1. The van der Waals surface area contributed by atoms with Crippen LogP contribution in [0.5, 0.6) is 0 Å². The van der Waals surface area contributed by atoms with Gasteiger partial charge in [0.2, 0.25) is 0 Å². The lowest BCUT2D eigenvalue weighted by Gasteiger charge is -2.26. The Bertz CT molecular complexity index is 418. The highest BCUT2D eigenvalue weighted by Gasteiger charge is 2.19. The van der Waals surface area contributed by atoms with Crippen molar-refractivity contribution in [3.05, 3.63) is 35.6 Å². The van der Waals surface area contributed by atoms with E-state index in [9.17, 15) is 9.18 Å². The van der Waals surface area contributed by atoms with Gasteiger partial charge in [0.15, 0.2) is 0 Å². The van der Waals surface area contributed by atoms with Gasteiger partial charge in [-0.15, -0.1) is 0 Å². The third kappa shape index (κ3) is 5.83. The normalized spacial score (nSPS) is 11.4. The average Bonchev–Trinajstić information content (AvgIpc) is 2.36. The molecule has 0 bridgehead atoms. The van der Waals surface area contributed by atoms with Gasteiger partial charge in [0.25, 0.3) is 0 Å². The zero-order valence-corrected chi connectivity index (χ0v) is 11.8. The molecule has 0 spiro atoms. The van der Waals surface area contributed by atoms with E-state index in [0.29, 0.717) is 18.5 Å². The van der Waals surface area contributed by atoms with E-state index >= 15 is 0 Å². The Morgan fingerprint density at radius 1 is 1.37 bits per heavy atom. The molecule has 0 aliphatic carbocycles. The van der Waals surface area contributed by atoms with Gasteiger partial charge in [-0.2, -0.15) is 0 Å². The van der Waals surface area contributed by atoms with Crippen molar-refractivity contribution in [2.24, 2.45) is 0 Å². The summed E-state index contributed by atoms with van der Waals surface area (Å²) in [5.41, 5.74) is 0.224. The molecular weight excluding hydrogens is 245 g/mol. The maximum absolute atomic E-state index is 13.5. The first-order valence-electron chi connectivity index (χ1n) is 6.58. The molecule has 19 heavy (non-hydrogen) atoms. The molecule has 0 aliphatic rings. The molecule has 1 aromatic carbocycles. The molecule has 0 saturated heterocycles. The van der Waals surface area contributed by atoms with Crippen LogP contribution in [0.2, 0.25) is 0 Å². The molecule has 0 heterocycles. The van der Waals surface area contributed by atoms with Crippen molar-refractivity contribution in [1.82, 2.24) is 5.32 Å². The molecule has 1 N–H and O–H groups in total. The van der Waals surface area contributed by atoms with Gasteiger partial charge in [0.1, 0.15) is 12.4 Å². The van der Waals surface area contributed by atoms with Gasteiger partial charge in [0, 0.05) is 24.1 Å². The lowest BCUT2D eigenvalue weighted by Crippen LogP contribution is -2.43. The summed E-state index contributed by atoms with van der Waals surface area (Å²) < 4.78 is 18.6. The molecule has 106 valence electrons. The van der Waals surface area contributed by atoms with E-state index in [1.807, 2.05) is 20.8 Å². The predicted molar refractivity (Wildman–Crippen MR) is 73.2 cm³/mol. The fourth-order valence-corrected chi connectivity index (χ4v) is 1.56.